The predicted molar refractivity (Wildman–Crippen MR) is 174 cm³/mol. The summed E-state index contributed by atoms with van der Waals surface area (Å²) in [7, 11) is 1.12. The number of ether oxygens (including phenoxy) is 8. The summed E-state index contributed by atoms with van der Waals surface area (Å²) in [5, 5.41) is 63.7. The Morgan fingerprint density at radius 1 is 0.698 bits per heavy atom. The summed E-state index contributed by atoms with van der Waals surface area (Å²) in [4.78, 5) is 49.5. The molecular weight excluding hydrogens is 712 g/mol. The summed E-state index contributed by atoms with van der Waals surface area (Å²) in [6.45, 7) is 6.13. The molecule has 288 valence electrons. The molecule has 0 amide bonds. The third kappa shape index (κ3) is 7.74. The largest absolute Gasteiger partial charge is 0.504 e. The van der Waals surface area contributed by atoms with E-state index < -0.39 is 130 Å². The molecule has 6 N–H and O–H groups in total. The number of benzene rings is 2. The Balaban J connectivity index is 1.63. The summed E-state index contributed by atoms with van der Waals surface area (Å²) < 4.78 is 50.1. The van der Waals surface area contributed by atoms with E-state index in [4.69, 9.17) is 42.3 Å². The third-order valence-corrected chi connectivity index (χ3v) is 8.39. The molecule has 0 spiro atoms. The number of methoxy groups -OCH3 is 1. The number of phenolic OH excluding ortho intramolecular Hbond substituents is 3. The number of carbonyl (C=O) groups is 3. The molecule has 19 nitrogen and oxygen atoms in total. The second-order valence-corrected chi connectivity index (χ2v) is 12.3. The van der Waals surface area contributed by atoms with Gasteiger partial charge < -0.3 is 73.0 Å². The van der Waals surface area contributed by atoms with Gasteiger partial charge in [-0.1, -0.05) is 0 Å². The molecule has 5 rings (SSSR count). The Morgan fingerprint density at radius 2 is 1.26 bits per heavy atom. The van der Waals surface area contributed by atoms with E-state index in [9.17, 15) is 49.8 Å². The van der Waals surface area contributed by atoms with Gasteiger partial charge in [0.05, 0.1) is 19.3 Å². The molecule has 2 fully saturated rings. The van der Waals surface area contributed by atoms with E-state index in [1.807, 2.05) is 0 Å². The Morgan fingerprint density at radius 3 is 1.83 bits per heavy atom. The lowest BCUT2D eigenvalue weighted by Gasteiger charge is -2.41. The highest BCUT2D eigenvalue weighted by Gasteiger charge is 2.50. The minimum atomic E-state index is -1.90. The molecule has 0 radical (unpaired) electrons. The SMILES string of the molecule is COc1c(OC2OC(C)C(OC(C)=O)C(O)C2OC(C)=O)cc2oc(-c3ccc(O)c(O)c3)c(OC3OC(C)C(OC(C)=O)C(O)C3O)c(=O)c2c1O. The first-order valence-electron chi connectivity index (χ1n) is 16.1. The molecule has 0 bridgehead atoms. The van der Waals surface area contributed by atoms with E-state index in [-0.39, 0.29) is 11.3 Å². The quantitative estimate of drug-likeness (QED) is 0.0998. The summed E-state index contributed by atoms with van der Waals surface area (Å²) in [5.41, 5.74) is -1.54. The molecule has 3 heterocycles. The molecule has 0 aliphatic carbocycles. The number of phenols is 3. The van der Waals surface area contributed by atoms with E-state index in [0.717, 1.165) is 46.1 Å². The van der Waals surface area contributed by atoms with Gasteiger partial charge in [-0.2, -0.15) is 0 Å². The Labute approximate surface area is 299 Å². The Hall–Kier alpha value is -5.34. The number of esters is 3. The van der Waals surface area contributed by atoms with Crippen LogP contribution in [0, 0.1) is 0 Å². The Kier molecular flexibility index (Phi) is 11.2. The van der Waals surface area contributed by atoms with Crippen molar-refractivity contribution in [1.82, 2.24) is 0 Å². The maximum absolute atomic E-state index is 14.2. The van der Waals surface area contributed by atoms with Crippen molar-refractivity contribution in [2.24, 2.45) is 0 Å². The molecule has 2 aromatic carbocycles. The lowest BCUT2D eigenvalue weighted by molar-refractivity contribution is -0.277. The molecule has 2 aliphatic heterocycles. The maximum Gasteiger partial charge on any atom is 0.303 e. The van der Waals surface area contributed by atoms with E-state index in [2.05, 4.69) is 0 Å². The van der Waals surface area contributed by atoms with Gasteiger partial charge in [-0.05, 0) is 32.0 Å². The van der Waals surface area contributed by atoms with Crippen LogP contribution in [0.5, 0.6) is 34.5 Å². The lowest BCUT2D eigenvalue weighted by Crippen LogP contribution is -2.60. The fourth-order valence-corrected chi connectivity index (χ4v) is 5.98. The molecule has 1 aromatic heterocycles. The topological polar surface area (TPSA) is 277 Å². The smallest absolute Gasteiger partial charge is 0.303 e. The molecular formula is C34H38O19. The third-order valence-electron chi connectivity index (χ3n) is 8.39. The van der Waals surface area contributed by atoms with Crippen molar-refractivity contribution in [3.05, 3.63) is 34.5 Å². The second kappa shape index (κ2) is 15.3. The lowest BCUT2D eigenvalue weighted by atomic mass is 9.99. The normalized spacial score (nSPS) is 28.5. The van der Waals surface area contributed by atoms with Crippen molar-refractivity contribution in [1.29, 1.82) is 0 Å². The zero-order valence-corrected chi connectivity index (χ0v) is 29.1. The van der Waals surface area contributed by atoms with Crippen LogP contribution in [0.1, 0.15) is 34.6 Å². The highest BCUT2D eigenvalue weighted by atomic mass is 16.7. The number of hydrogen-bond donors (Lipinski definition) is 6. The van der Waals surface area contributed by atoms with Gasteiger partial charge in [-0.25, -0.2) is 0 Å². The van der Waals surface area contributed by atoms with Crippen LogP contribution in [0.4, 0.5) is 0 Å². The number of aromatic hydroxyl groups is 3. The van der Waals surface area contributed by atoms with Crippen molar-refractivity contribution in [2.75, 3.05) is 7.11 Å². The second-order valence-electron chi connectivity index (χ2n) is 12.3. The summed E-state index contributed by atoms with van der Waals surface area (Å²) in [6.07, 6.45) is -14.9. The van der Waals surface area contributed by atoms with Gasteiger partial charge in [-0.3, -0.25) is 19.2 Å². The van der Waals surface area contributed by atoms with Crippen LogP contribution >= 0.6 is 0 Å². The van der Waals surface area contributed by atoms with Gasteiger partial charge in [0.1, 0.15) is 29.3 Å². The minimum Gasteiger partial charge on any atom is -0.504 e. The van der Waals surface area contributed by atoms with E-state index in [1.165, 1.54) is 19.9 Å². The molecule has 10 atom stereocenters. The molecule has 2 aliphatic rings. The summed E-state index contributed by atoms with van der Waals surface area (Å²) >= 11 is 0. The van der Waals surface area contributed by atoms with Crippen molar-refractivity contribution in [3.63, 3.8) is 0 Å². The molecule has 53 heavy (non-hydrogen) atoms. The van der Waals surface area contributed by atoms with Crippen LogP contribution in [0.15, 0.2) is 33.5 Å². The van der Waals surface area contributed by atoms with Gasteiger partial charge in [0.15, 0.2) is 47.1 Å². The van der Waals surface area contributed by atoms with Crippen LogP contribution in [0.3, 0.4) is 0 Å². The monoisotopic (exact) mass is 750 g/mol. The first-order valence-corrected chi connectivity index (χ1v) is 16.1. The number of rotatable bonds is 9. The molecule has 0 saturated carbocycles. The van der Waals surface area contributed by atoms with Crippen LogP contribution in [0.25, 0.3) is 22.3 Å². The highest BCUT2D eigenvalue weighted by Crippen LogP contribution is 2.46. The molecule has 3 aromatic rings. The zero-order chi connectivity index (χ0) is 39.0. The van der Waals surface area contributed by atoms with E-state index >= 15 is 0 Å². The number of hydrogen-bond acceptors (Lipinski definition) is 19. The van der Waals surface area contributed by atoms with Crippen molar-refractivity contribution in [2.45, 2.75) is 96.0 Å². The number of aliphatic hydroxyl groups excluding tert-OH is 3. The minimum absolute atomic E-state index is 0.0669. The van der Waals surface area contributed by atoms with Crippen molar-refractivity contribution < 1.29 is 87.3 Å². The van der Waals surface area contributed by atoms with Crippen LogP contribution < -0.4 is 19.6 Å². The van der Waals surface area contributed by atoms with Crippen molar-refractivity contribution >= 4 is 28.9 Å². The van der Waals surface area contributed by atoms with Gasteiger partial charge in [0, 0.05) is 32.4 Å². The fraction of sp³-hybridized carbons (Fsp3) is 0.471. The summed E-state index contributed by atoms with van der Waals surface area (Å²) in [6, 6.07) is 4.42. The van der Waals surface area contributed by atoms with Crippen LogP contribution in [0.2, 0.25) is 0 Å². The van der Waals surface area contributed by atoms with Crippen LogP contribution in [-0.4, -0.2) is 117 Å². The Bertz CT molecular complexity index is 1940. The van der Waals surface area contributed by atoms with Gasteiger partial charge >= 0.3 is 17.9 Å². The number of fused-ring (bicyclic) bond motifs is 1. The first-order chi connectivity index (χ1) is 24.9. The standard InChI is InChI=1S/C34H38O19/c1-11-27(48-13(3)35)24(42)25(43)33(46-11)53-31-23(41)21-19(51-29(31)16-7-8-17(38)18(39)9-16)10-20(30(45-6)22(21)40)52-34-32(50-15(5)37)26(44)28(12(2)47-34)49-14(4)36/h7-12,24-28,32-34,38-40,42-44H,1-6H3. The molecule has 2 saturated heterocycles. The number of aliphatic hydroxyl groups is 3. The zero-order valence-electron chi connectivity index (χ0n) is 29.1. The first kappa shape index (κ1) is 38.9. The highest BCUT2D eigenvalue weighted by molar-refractivity contribution is 5.91. The fourth-order valence-electron chi connectivity index (χ4n) is 5.98. The van der Waals surface area contributed by atoms with Gasteiger partial charge in [-0.15, -0.1) is 0 Å². The van der Waals surface area contributed by atoms with E-state index in [0.29, 0.717) is 0 Å². The van der Waals surface area contributed by atoms with Crippen LogP contribution in [-0.2, 0) is 38.1 Å². The average molecular weight is 751 g/mol. The van der Waals surface area contributed by atoms with Gasteiger partial charge in [0.25, 0.3) is 0 Å². The number of carbonyl (C=O) groups excluding carboxylic acids is 3. The molecule has 19 heteroatoms. The van der Waals surface area contributed by atoms with E-state index in [1.54, 1.807) is 0 Å². The van der Waals surface area contributed by atoms with Gasteiger partial charge in [0.2, 0.25) is 29.5 Å². The average Bonchev–Trinajstić information content (AvgIpc) is 3.07. The maximum atomic E-state index is 14.2. The molecule has 10 unspecified atom stereocenters. The summed E-state index contributed by atoms with van der Waals surface area (Å²) in [5.74, 6) is -6.36. The van der Waals surface area contributed by atoms with Crippen molar-refractivity contribution in [3.8, 4) is 45.8 Å². The predicted octanol–water partition coefficient (Wildman–Crippen LogP) is 0.710.